The van der Waals surface area contributed by atoms with Crippen molar-refractivity contribution in [1.29, 1.82) is 5.26 Å². The van der Waals surface area contributed by atoms with E-state index < -0.39 is 16.6 Å². The van der Waals surface area contributed by atoms with Crippen LogP contribution in [0.1, 0.15) is 21.6 Å². The molecule has 0 saturated heterocycles. The lowest BCUT2D eigenvalue weighted by Gasteiger charge is -2.13. The molecule has 0 unspecified atom stereocenters. The van der Waals surface area contributed by atoms with E-state index in [4.69, 9.17) is 33.2 Å². The van der Waals surface area contributed by atoms with E-state index in [-0.39, 0.29) is 50.6 Å². The zero-order valence-corrected chi connectivity index (χ0v) is 18.6. The summed E-state index contributed by atoms with van der Waals surface area (Å²) in [5.41, 5.74) is 0.794. The number of benzene rings is 3. The van der Waals surface area contributed by atoms with Crippen molar-refractivity contribution in [3.63, 3.8) is 0 Å². The molecule has 0 aliphatic rings. The molecule has 0 aliphatic heterocycles. The van der Waals surface area contributed by atoms with Gasteiger partial charge in [-0.15, -0.1) is 0 Å². The Labute approximate surface area is 201 Å². The molecule has 1 amide bonds. The number of nitro benzene ring substituents is 1. The summed E-state index contributed by atoms with van der Waals surface area (Å²) in [6, 6.07) is 14.7. The van der Waals surface area contributed by atoms with Gasteiger partial charge >= 0.3 is 0 Å². The van der Waals surface area contributed by atoms with Gasteiger partial charge in [-0.2, -0.15) is 5.26 Å². The molecule has 8 nitrogen and oxygen atoms in total. The highest BCUT2D eigenvalue weighted by Crippen LogP contribution is 2.35. The van der Waals surface area contributed by atoms with Gasteiger partial charge in [0.25, 0.3) is 11.6 Å². The molecule has 1 heterocycles. The van der Waals surface area contributed by atoms with Crippen LogP contribution in [-0.4, -0.2) is 15.8 Å². The van der Waals surface area contributed by atoms with E-state index in [2.05, 4.69) is 10.3 Å². The van der Waals surface area contributed by atoms with Crippen molar-refractivity contribution in [2.45, 2.75) is 6.54 Å². The first-order chi connectivity index (χ1) is 16.2. The van der Waals surface area contributed by atoms with E-state index >= 15 is 4.39 Å². The molecule has 4 rings (SSSR count). The van der Waals surface area contributed by atoms with E-state index in [1.807, 2.05) is 6.07 Å². The third-order valence-electron chi connectivity index (χ3n) is 4.85. The number of nitriles is 1. The number of hydrogen-bond acceptors (Lipinski definition) is 5. The van der Waals surface area contributed by atoms with Crippen molar-refractivity contribution in [3.8, 4) is 17.6 Å². The Balaban J connectivity index is 1.53. The van der Waals surface area contributed by atoms with E-state index in [0.29, 0.717) is 10.9 Å². The zero-order valence-electron chi connectivity index (χ0n) is 17.1. The Morgan fingerprint density at radius 2 is 1.97 bits per heavy atom. The molecule has 0 atom stereocenters. The molecule has 170 valence electrons. The number of nitrogens with one attached hydrogen (secondary N) is 2. The summed E-state index contributed by atoms with van der Waals surface area (Å²) in [4.78, 5) is 25.8. The van der Waals surface area contributed by atoms with Crippen LogP contribution in [-0.2, 0) is 6.54 Å². The predicted molar refractivity (Wildman–Crippen MR) is 124 cm³/mol. The van der Waals surface area contributed by atoms with Gasteiger partial charge in [0.1, 0.15) is 11.4 Å². The van der Waals surface area contributed by atoms with Crippen molar-refractivity contribution in [2.75, 3.05) is 0 Å². The normalized spacial score (nSPS) is 10.6. The summed E-state index contributed by atoms with van der Waals surface area (Å²) in [5.74, 6) is -1.49. The Hall–Kier alpha value is -4.13. The molecular formula is C23H13Cl2FN4O4. The fraction of sp³-hybridized carbons (Fsp3) is 0.0435. The van der Waals surface area contributed by atoms with Crippen molar-refractivity contribution in [2.24, 2.45) is 0 Å². The number of carbonyl (C=O) groups is 1. The molecule has 0 spiro atoms. The maximum absolute atomic E-state index is 15.1. The van der Waals surface area contributed by atoms with Gasteiger partial charge in [0.2, 0.25) is 0 Å². The molecule has 0 saturated carbocycles. The average molecular weight is 499 g/mol. The van der Waals surface area contributed by atoms with Crippen LogP contribution in [0.5, 0.6) is 11.5 Å². The van der Waals surface area contributed by atoms with Crippen molar-refractivity contribution in [1.82, 2.24) is 10.3 Å². The number of rotatable bonds is 6. The SMILES string of the molecule is N#Cc1cc(Cl)cc(Oc2c(Cl)ccc(CNC(=O)c3cc4ccc([N+](=O)[O-])cc4[nH]3)c2F)c1. The predicted octanol–water partition coefficient (Wildman–Crippen LogP) is 6.12. The number of nitro groups is 1. The molecule has 3 aromatic carbocycles. The minimum absolute atomic E-state index is 0.0109. The highest BCUT2D eigenvalue weighted by atomic mass is 35.5. The number of ether oxygens (including phenoxy) is 1. The first kappa shape index (κ1) is 23.0. The number of aromatic nitrogens is 1. The number of aromatic amines is 1. The minimum atomic E-state index is -0.793. The molecule has 34 heavy (non-hydrogen) atoms. The third kappa shape index (κ3) is 4.78. The van der Waals surface area contributed by atoms with Crippen LogP contribution in [0.2, 0.25) is 10.0 Å². The molecule has 0 bridgehead atoms. The molecule has 0 aliphatic carbocycles. The fourth-order valence-corrected chi connectivity index (χ4v) is 3.64. The highest BCUT2D eigenvalue weighted by Gasteiger charge is 2.18. The molecule has 0 radical (unpaired) electrons. The van der Waals surface area contributed by atoms with Crippen molar-refractivity contribution < 1.29 is 18.8 Å². The quantitative estimate of drug-likeness (QED) is 0.245. The molecule has 4 aromatic rings. The lowest BCUT2D eigenvalue weighted by molar-refractivity contribution is -0.384. The molecule has 11 heteroatoms. The summed E-state index contributed by atoms with van der Waals surface area (Å²) in [6.45, 7) is -0.188. The van der Waals surface area contributed by atoms with Gasteiger partial charge < -0.3 is 15.0 Å². The first-order valence-electron chi connectivity index (χ1n) is 9.66. The van der Waals surface area contributed by atoms with Crippen LogP contribution in [0, 0.1) is 27.3 Å². The second kappa shape index (κ2) is 9.39. The fourth-order valence-electron chi connectivity index (χ4n) is 3.23. The highest BCUT2D eigenvalue weighted by molar-refractivity contribution is 6.32. The number of H-pyrrole nitrogens is 1. The van der Waals surface area contributed by atoms with Crippen LogP contribution in [0.3, 0.4) is 0 Å². The number of nitrogens with zero attached hydrogens (tertiary/aromatic N) is 2. The van der Waals surface area contributed by atoms with Crippen LogP contribution >= 0.6 is 23.2 Å². The summed E-state index contributed by atoms with van der Waals surface area (Å²) in [7, 11) is 0. The minimum Gasteiger partial charge on any atom is -0.453 e. The van der Waals surface area contributed by atoms with Crippen LogP contribution < -0.4 is 10.1 Å². The van der Waals surface area contributed by atoms with Gasteiger partial charge in [-0.3, -0.25) is 14.9 Å². The van der Waals surface area contributed by atoms with Gasteiger partial charge in [0.05, 0.1) is 27.1 Å². The number of fused-ring (bicyclic) bond motifs is 1. The Bertz CT molecular complexity index is 1500. The number of hydrogen-bond donors (Lipinski definition) is 2. The molecular weight excluding hydrogens is 486 g/mol. The Kier molecular flexibility index (Phi) is 6.36. The van der Waals surface area contributed by atoms with Crippen molar-refractivity contribution >= 4 is 45.7 Å². The molecule has 2 N–H and O–H groups in total. The number of non-ortho nitro benzene ring substituents is 1. The summed E-state index contributed by atoms with van der Waals surface area (Å²) in [6.07, 6.45) is 0. The molecule has 0 fully saturated rings. The largest absolute Gasteiger partial charge is 0.453 e. The van der Waals surface area contributed by atoms with Gasteiger partial charge in [-0.1, -0.05) is 29.3 Å². The smallest absolute Gasteiger partial charge is 0.271 e. The van der Waals surface area contributed by atoms with E-state index in [1.54, 1.807) is 0 Å². The van der Waals surface area contributed by atoms with E-state index in [9.17, 15) is 14.9 Å². The second-order valence-corrected chi connectivity index (χ2v) is 7.98. The lowest BCUT2D eigenvalue weighted by Crippen LogP contribution is -2.23. The first-order valence-corrected chi connectivity index (χ1v) is 10.4. The number of amides is 1. The van der Waals surface area contributed by atoms with Crippen molar-refractivity contribution in [3.05, 3.63) is 97.4 Å². The summed E-state index contributed by atoms with van der Waals surface area (Å²) < 4.78 is 20.7. The Morgan fingerprint density at radius 1 is 1.18 bits per heavy atom. The number of halogens is 3. The van der Waals surface area contributed by atoms with Gasteiger partial charge in [0, 0.05) is 34.6 Å². The maximum atomic E-state index is 15.1. The van der Waals surface area contributed by atoms with Gasteiger partial charge in [-0.25, -0.2) is 4.39 Å². The van der Waals surface area contributed by atoms with Crippen LogP contribution in [0.15, 0.2) is 54.6 Å². The Morgan fingerprint density at radius 3 is 2.71 bits per heavy atom. The zero-order chi connectivity index (χ0) is 24.4. The maximum Gasteiger partial charge on any atom is 0.271 e. The topological polar surface area (TPSA) is 121 Å². The van der Waals surface area contributed by atoms with Crippen LogP contribution in [0.25, 0.3) is 10.9 Å². The molecule has 1 aromatic heterocycles. The third-order valence-corrected chi connectivity index (χ3v) is 5.37. The average Bonchev–Trinajstić information content (AvgIpc) is 3.24. The summed E-state index contributed by atoms with van der Waals surface area (Å²) >= 11 is 12.1. The summed E-state index contributed by atoms with van der Waals surface area (Å²) in [5, 5.41) is 23.4. The van der Waals surface area contributed by atoms with E-state index in [0.717, 1.165) is 0 Å². The monoisotopic (exact) mass is 498 g/mol. The van der Waals surface area contributed by atoms with Crippen LogP contribution in [0.4, 0.5) is 10.1 Å². The van der Waals surface area contributed by atoms with Gasteiger partial charge in [-0.05, 0) is 36.4 Å². The number of carbonyl (C=O) groups excluding carboxylic acids is 1. The van der Waals surface area contributed by atoms with E-state index in [1.165, 1.54) is 54.6 Å². The standard InChI is InChI=1S/C23H13Cl2FN4O4/c24-15-5-12(10-27)6-17(8-15)34-22-18(25)4-2-14(21(22)26)11-28-23(31)20-7-13-1-3-16(30(32)33)9-19(13)29-20/h1-9,29H,11H2,(H,28,31). The second-order valence-electron chi connectivity index (χ2n) is 7.13. The van der Waals surface area contributed by atoms with Gasteiger partial charge in [0.15, 0.2) is 11.6 Å². The lowest BCUT2D eigenvalue weighted by atomic mass is 10.2.